The summed E-state index contributed by atoms with van der Waals surface area (Å²) in [4.78, 5) is 23.3. The van der Waals surface area contributed by atoms with Crippen LogP contribution in [0.25, 0.3) is 0 Å². The van der Waals surface area contributed by atoms with Gasteiger partial charge in [0.15, 0.2) is 0 Å². The molecule has 0 atom stereocenters. The third-order valence-electron chi connectivity index (χ3n) is 4.41. The van der Waals surface area contributed by atoms with Gasteiger partial charge in [-0.25, -0.2) is 4.79 Å². The Morgan fingerprint density at radius 3 is 2.32 bits per heavy atom. The van der Waals surface area contributed by atoms with Crippen LogP contribution in [-0.4, -0.2) is 47.2 Å². The summed E-state index contributed by atoms with van der Waals surface area (Å²) in [5.41, 5.74) is 0.829. The summed E-state index contributed by atoms with van der Waals surface area (Å²) in [6.45, 7) is 5.66. The van der Waals surface area contributed by atoms with Crippen LogP contribution in [-0.2, 0) is 29.8 Å². The van der Waals surface area contributed by atoms with Crippen molar-refractivity contribution >= 4 is 39.5 Å². The first-order valence-corrected chi connectivity index (χ1v) is 11.4. The zero-order valence-electron chi connectivity index (χ0n) is 19.5. The molecule has 0 aromatic heterocycles. The number of ether oxygens (including phenoxy) is 2. The molecule has 0 heterocycles. The van der Waals surface area contributed by atoms with Crippen LogP contribution >= 0.6 is 0 Å². The molecule has 0 saturated carbocycles. The minimum absolute atomic E-state index is 0.0213. The van der Waals surface area contributed by atoms with Gasteiger partial charge in [0, 0.05) is 13.2 Å². The summed E-state index contributed by atoms with van der Waals surface area (Å²) >= 11 is 0. The first-order chi connectivity index (χ1) is 15.9. The monoisotopic (exact) mass is 492 g/mol. The van der Waals surface area contributed by atoms with Gasteiger partial charge in [-0.3, -0.25) is 15.5 Å². The van der Waals surface area contributed by atoms with Crippen LogP contribution in [0, 0.1) is 5.41 Å². The molecule has 34 heavy (non-hydrogen) atoms. The summed E-state index contributed by atoms with van der Waals surface area (Å²) in [7, 11) is -1.70. The lowest BCUT2D eigenvalue weighted by molar-refractivity contribution is -0.119. The quantitative estimate of drug-likeness (QED) is 0.261. The van der Waals surface area contributed by atoms with E-state index in [0.717, 1.165) is 12.7 Å². The molecule has 0 bridgehead atoms. The van der Waals surface area contributed by atoms with Crippen molar-refractivity contribution in [1.82, 2.24) is 5.32 Å². The molecule has 2 aromatic rings. The molecule has 184 valence electrons. The highest BCUT2D eigenvalue weighted by Gasteiger charge is 2.22. The van der Waals surface area contributed by atoms with E-state index in [2.05, 4.69) is 20.7 Å². The highest BCUT2D eigenvalue weighted by atomic mass is 32.2. The lowest BCUT2D eigenvalue weighted by atomic mass is 9.87. The second-order valence-electron chi connectivity index (χ2n) is 8.12. The molecule has 0 aliphatic rings. The molecule has 2 rings (SSSR count). The SMILES string of the molecule is COCC(=O)Nc1ccc(OS(=O)(=O)c2cccc(C(C)(C)C)c2)cc1NC(=N)NC(=O)OC. The number of rotatable bonds is 7. The number of methoxy groups -OCH3 is 2. The second kappa shape index (κ2) is 11.0. The Morgan fingerprint density at radius 2 is 1.71 bits per heavy atom. The minimum Gasteiger partial charge on any atom is -0.453 e. The number of alkyl carbamates (subject to hydrolysis) is 1. The first kappa shape index (κ1) is 26.6. The molecular weight excluding hydrogens is 464 g/mol. The number of benzene rings is 2. The van der Waals surface area contributed by atoms with Crippen molar-refractivity contribution in [3.63, 3.8) is 0 Å². The lowest BCUT2D eigenvalue weighted by Gasteiger charge is -2.20. The van der Waals surface area contributed by atoms with Crippen LogP contribution < -0.4 is 20.1 Å². The second-order valence-corrected chi connectivity index (χ2v) is 9.67. The Labute approximate surface area is 198 Å². The predicted molar refractivity (Wildman–Crippen MR) is 127 cm³/mol. The largest absolute Gasteiger partial charge is 0.453 e. The number of carbonyl (C=O) groups is 2. The van der Waals surface area contributed by atoms with Crippen molar-refractivity contribution < 1.29 is 31.7 Å². The summed E-state index contributed by atoms with van der Waals surface area (Å²) in [5, 5.41) is 15.1. The smallest absolute Gasteiger partial charge is 0.413 e. The molecule has 0 aliphatic heterocycles. The normalized spacial score (nSPS) is 11.3. The van der Waals surface area contributed by atoms with Crippen molar-refractivity contribution in [2.45, 2.75) is 31.1 Å². The van der Waals surface area contributed by atoms with Gasteiger partial charge in [0.25, 0.3) is 0 Å². The standard InChI is InChI=1S/C22H28N4O7S/c1-22(2,3)14-7-6-8-16(11-14)34(29,30)33-15-9-10-17(24-19(27)13-31-4)18(12-15)25-20(23)26-21(28)32-5/h6-12H,13H2,1-5H3,(H,24,27)(H3,23,25,26,28). The van der Waals surface area contributed by atoms with Crippen LogP contribution in [0.1, 0.15) is 26.3 Å². The average Bonchev–Trinajstić information content (AvgIpc) is 2.75. The molecule has 0 unspecified atom stereocenters. The van der Waals surface area contributed by atoms with Gasteiger partial charge in [-0.2, -0.15) is 8.42 Å². The molecule has 11 nitrogen and oxygen atoms in total. The molecule has 0 radical (unpaired) electrons. The zero-order chi connectivity index (χ0) is 25.5. The molecule has 4 N–H and O–H groups in total. The molecule has 0 spiro atoms. The van der Waals surface area contributed by atoms with E-state index in [9.17, 15) is 18.0 Å². The van der Waals surface area contributed by atoms with Crippen LogP contribution in [0.3, 0.4) is 0 Å². The number of amides is 2. The molecule has 0 aliphatic carbocycles. The molecule has 0 saturated heterocycles. The first-order valence-electron chi connectivity index (χ1n) is 10.0. The van der Waals surface area contributed by atoms with E-state index in [4.69, 9.17) is 14.3 Å². The third kappa shape index (κ3) is 7.46. The van der Waals surface area contributed by atoms with E-state index in [1.165, 1.54) is 31.4 Å². The van der Waals surface area contributed by atoms with Crippen LogP contribution in [0.5, 0.6) is 5.75 Å². The molecule has 2 amide bonds. The maximum Gasteiger partial charge on any atom is 0.413 e. The summed E-state index contributed by atoms with van der Waals surface area (Å²) in [6, 6.07) is 10.4. The lowest BCUT2D eigenvalue weighted by Crippen LogP contribution is -2.35. The van der Waals surface area contributed by atoms with Crippen molar-refractivity contribution in [2.24, 2.45) is 0 Å². The van der Waals surface area contributed by atoms with Gasteiger partial charge in [-0.05, 0) is 35.2 Å². The predicted octanol–water partition coefficient (Wildman–Crippen LogP) is 3.04. The summed E-state index contributed by atoms with van der Waals surface area (Å²) in [5.74, 6) is -1.05. The van der Waals surface area contributed by atoms with Crippen molar-refractivity contribution in [2.75, 3.05) is 31.5 Å². The van der Waals surface area contributed by atoms with Crippen LogP contribution in [0.4, 0.5) is 16.2 Å². The van der Waals surface area contributed by atoms with E-state index in [-0.39, 0.29) is 34.0 Å². The fraction of sp³-hybridized carbons (Fsp3) is 0.318. The van der Waals surface area contributed by atoms with Gasteiger partial charge in [0.2, 0.25) is 11.9 Å². The Kier molecular flexibility index (Phi) is 8.60. The molecule has 0 fully saturated rings. The van der Waals surface area contributed by atoms with Gasteiger partial charge in [0.1, 0.15) is 17.3 Å². The molecular formula is C22H28N4O7S. The molecule has 12 heteroatoms. The third-order valence-corrected chi connectivity index (χ3v) is 5.65. The van der Waals surface area contributed by atoms with Crippen molar-refractivity contribution in [1.29, 1.82) is 5.41 Å². The fourth-order valence-electron chi connectivity index (χ4n) is 2.72. The number of hydrogen-bond acceptors (Lipinski definition) is 8. The van der Waals surface area contributed by atoms with Gasteiger partial charge in [0.05, 0.1) is 18.5 Å². The van der Waals surface area contributed by atoms with Gasteiger partial charge in [-0.15, -0.1) is 0 Å². The topological polar surface area (TPSA) is 156 Å². The summed E-state index contributed by atoms with van der Waals surface area (Å²) in [6.07, 6.45) is -0.892. The van der Waals surface area contributed by atoms with Gasteiger partial charge < -0.3 is 24.3 Å². The highest BCUT2D eigenvalue weighted by Crippen LogP contribution is 2.30. The van der Waals surface area contributed by atoms with E-state index in [1.807, 2.05) is 26.8 Å². The zero-order valence-corrected chi connectivity index (χ0v) is 20.3. The van der Waals surface area contributed by atoms with E-state index in [0.29, 0.717) is 0 Å². The number of anilines is 2. The van der Waals surface area contributed by atoms with Gasteiger partial charge in [-0.1, -0.05) is 32.9 Å². The Bertz CT molecular complexity index is 1170. The average molecular weight is 493 g/mol. The van der Waals surface area contributed by atoms with E-state index < -0.39 is 28.1 Å². The summed E-state index contributed by atoms with van der Waals surface area (Å²) < 4.78 is 40.3. The van der Waals surface area contributed by atoms with E-state index >= 15 is 0 Å². The van der Waals surface area contributed by atoms with Crippen molar-refractivity contribution in [3.8, 4) is 5.75 Å². The number of hydrogen-bond donors (Lipinski definition) is 4. The number of guanidine groups is 1. The Balaban J connectivity index is 2.37. The van der Waals surface area contributed by atoms with Crippen molar-refractivity contribution in [3.05, 3.63) is 48.0 Å². The highest BCUT2D eigenvalue weighted by molar-refractivity contribution is 7.87. The van der Waals surface area contributed by atoms with E-state index in [1.54, 1.807) is 12.1 Å². The maximum atomic E-state index is 12.9. The minimum atomic E-state index is -4.19. The number of carbonyl (C=O) groups excluding carboxylic acids is 2. The fourth-order valence-corrected chi connectivity index (χ4v) is 3.69. The molecule has 2 aromatic carbocycles. The van der Waals surface area contributed by atoms with Gasteiger partial charge >= 0.3 is 16.2 Å². The van der Waals surface area contributed by atoms with Crippen LogP contribution in [0.15, 0.2) is 47.4 Å². The Hall–Kier alpha value is -3.64. The maximum absolute atomic E-state index is 12.9. The Morgan fingerprint density at radius 1 is 1.00 bits per heavy atom. The number of nitrogens with one attached hydrogen (secondary N) is 4. The van der Waals surface area contributed by atoms with Crippen LogP contribution in [0.2, 0.25) is 0 Å².